The van der Waals surface area contributed by atoms with Gasteiger partial charge in [-0.2, -0.15) is 5.10 Å². The molecule has 0 fully saturated rings. The second kappa shape index (κ2) is 7.58. The number of carbonyl (C=O) groups is 1. The van der Waals surface area contributed by atoms with Crippen molar-refractivity contribution in [3.8, 4) is 0 Å². The molecule has 0 saturated heterocycles. The third-order valence-corrected chi connectivity index (χ3v) is 2.44. The normalized spacial score (nSPS) is 11.5. The molecule has 0 atom stereocenters. The van der Waals surface area contributed by atoms with Gasteiger partial charge in [-0.05, 0) is 13.8 Å². The molecule has 0 bridgehead atoms. The molecule has 1 aromatic heterocycles. The Hall–Kier alpha value is -1.82. The van der Waals surface area contributed by atoms with Gasteiger partial charge in [-0.3, -0.25) is 4.68 Å². The van der Waals surface area contributed by atoms with E-state index >= 15 is 0 Å². The summed E-state index contributed by atoms with van der Waals surface area (Å²) in [6.07, 6.45) is 3.25. The van der Waals surface area contributed by atoms with E-state index in [9.17, 15) is 4.79 Å². The van der Waals surface area contributed by atoms with Gasteiger partial charge in [-0.15, -0.1) is 0 Å². The maximum Gasteiger partial charge on any atom is 0.341 e. The van der Waals surface area contributed by atoms with Crippen molar-refractivity contribution in [2.24, 2.45) is 7.05 Å². The van der Waals surface area contributed by atoms with Gasteiger partial charge in [0.05, 0.1) is 30.9 Å². The Morgan fingerprint density at radius 1 is 1.42 bits per heavy atom. The molecule has 1 heterocycles. The van der Waals surface area contributed by atoms with Gasteiger partial charge in [0.2, 0.25) is 0 Å². The maximum absolute atomic E-state index is 11.8. The van der Waals surface area contributed by atoms with Crippen molar-refractivity contribution < 1.29 is 19.0 Å². The first-order valence-corrected chi connectivity index (χ1v) is 6.09. The van der Waals surface area contributed by atoms with Gasteiger partial charge in [0.25, 0.3) is 0 Å². The van der Waals surface area contributed by atoms with E-state index in [4.69, 9.17) is 14.2 Å². The summed E-state index contributed by atoms with van der Waals surface area (Å²) in [5, 5.41) is 4.06. The lowest BCUT2D eigenvalue weighted by molar-refractivity contribution is 0.0526. The van der Waals surface area contributed by atoms with Crippen LogP contribution in [0.5, 0.6) is 0 Å². The molecule has 6 nitrogen and oxygen atoms in total. The summed E-state index contributed by atoms with van der Waals surface area (Å²) in [6, 6.07) is 0. The molecule has 0 saturated carbocycles. The van der Waals surface area contributed by atoms with Crippen LogP contribution in [0.1, 0.15) is 29.9 Å². The summed E-state index contributed by atoms with van der Waals surface area (Å²) in [6.45, 7) is 4.90. The molecule has 0 unspecified atom stereocenters. The number of carbonyl (C=O) groups excluding carboxylic acids is 1. The van der Waals surface area contributed by atoms with Crippen LogP contribution >= 0.6 is 0 Å². The van der Waals surface area contributed by atoms with Crippen LogP contribution in [0.15, 0.2) is 12.0 Å². The van der Waals surface area contributed by atoms with Crippen molar-refractivity contribution in [3.05, 3.63) is 23.2 Å². The highest BCUT2D eigenvalue weighted by atomic mass is 16.5. The van der Waals surface area contributed by atoms with Crippen LogP contribution in [0.4, 0.5) is 0 Å². The Balaban J connectivity index is 2.84. The number of allylic oxidation sites excluding steroid dienone is 1. The Morgan fingerprint density at radius 3 is 2.79 bits per heavy atom. The van der Waals surface area contributed by atoms with Crippen LogP contribution in [0.2, 0.25) is 0 Å². The summed E-state index contributed by atoms with van der Waals surface area (Å²) in [5.74, 6) is 0.303. The average molecular weight is 268 g/mol. The molecular weight excluding hydrogens is 248 g/mol. The van der Waals surface area contributed by atoms with E-state index in [1.165, 1.54) is 6.20 Å². The van der Waals surface area contributed by atoms with E-state index in [0.29, 0.717) is 36.8 Å². The molecule has 1 rings (SSSR count). The largest absolute Gasteiger partial charge is 0.496 e. The minimum absolute atomic E-state index is 0.334. The Bertz CT molecular complexity index is 451. The first-order chi connectivity index (χ1) is 9.10. The molecule has 19 heavy (non-hydrogen) atoms. The van der Waals surface area contributed by atoms with Crippen LogP contribution in [-0.2, 0) is 21.3 Å². The van der Waals surface area contributed by atoms with E-state index in [2.05, 4.69) is 5.10 Å². The highest BCUT2D eigenvalue weighted by Gasteiger charge is 2.15. The van der Waals surface area contributed by atoms with Gasteiger partial charge in [0.1, 0.15) is 12.2 Å². The minimum Gasteiger partial charge on any atom is -0.496 e. The van der Waals surface area contributed by atoms with E-state index in [0.717, 1.165) is 0 Å². The van der Waals surface area contributed by atoms with Crippen molar-refractivity contribution in [3.63, 3.8) is 0 Å². The van der Waals surface area contributed by atoms with Crippen molar-refractivity contribution in [1.29, 1.82) is 0 Å². The number of aryl methyl sites for hydroxylation is 1. The van der Waals surface area contributed by atoms with E-state index < -0.39 is 0 Å². The van der Waals surface area contributed by atoms with E-state index in [1.54, 1.807) is 31.8 Å². The van der Waals surface area contributed by atoms with Crippen LogP contribution in [0.3, 0.4) is 0 Å². The first kappa shape index (κ1) is 15.2. The molecule has 0 radical (unpaired) electrons. The number of aromatic nitrogens is 2. The molecule has 0 aliphatic heterocycles. The lowest BCUT2D eigenvalue weighted by atomic mass is 10.2. The van der Waals surface area contributed by atoms with Crippen molar-refractivity contribution in [2.75, 3.05) is 26.9 Å². The molecular formula is C13H20N2O4. The van der Waals surface area contributed by atoms with Gasteiger partial charge >= 0.3 is 5.97 Å². The van der Waals surface area contributed by atoms with Gasteiger partial charge < -0.3 is 14.2 Å². The number of methoxy groups -OCH3 is 1. The number of ether oxygens (including phenoxy) is 3. The minimum atomic E-state index is -0.383. The zero-order valence-corrected chi connectivity index (χ0v) is 11.8. The maximum atomic E-state index is 11.8. The summed E-state index contributed by atoms with van der Waals surface area (Å²) in [5.41, 5.74) is 1.09. The Kier molecular flexibility index (Phi) is 6.08. The van der Waals surface area contributed by atoms with Crippen LogP contribution < -0.4 is 0 Å². The smallest absolute Gasteiger partial charge is 0.341 e. The number of hydrogen-bond acceptors (Lipinski definition) is 5. The molecule has 0 aromatic carbocycles. The van der Waals surface area contributed by atoms with Crippen molar-refractivity contribution in [2.45, 2.75) is 13.8 Å². The first-order valence-electron chi connectivity index (χ1n) is 6.09. The number of nitrogens with zero attached hydrogens (tertiary/aromatic N) is 2. The van der Waals surface area contributed by atoms with Crippen molar-refractivity contribution >= 4 is 12.0 Å². The summed E-state index contributed by atoms with van der Waals surface area (Å²) >= 11 is 0. The monoisotopic (exact) mass is 268 g/mol. The second-order valence-corrected chi connectivity index (χ2v) is 3.88. The van der Waals surface area contributed by atoms with Gasteiger partial charge in [-0.25, -0.2) is 4.79 Å². The Morgan fingerprint density at radius 2 is 2.16 bits per heavy atom. The third-order valence-electron chi connectivity index (χ3n) is 2.44. The van der Waals surface area contributed by atoms with Gasteiger partial charge in [-0.1, -0.05) is 0 Å². The van der Waals surface area contributed by atoms with Crippen LogP contribution in [0, 0.1) is 0 Å². The fourth-order valence-electron chi connectivity index (χ4n) is 1.50. The Labute approximate surface area is 113 Å². The molecule has 0 N–H and O–H groups in total. The zero-order chi connectivity index (χ0) is 14.3. The highest BCUT2D eigenvalue weighted by molar-refractivity contribution is 5.92. The van der Waals surface area contributed by atoms with Gasteiger partial charge in [0.15, 0.2) is 0 Å². The molecule has 1 aromatic rings. The van der Waals surface area contributed by atoms with Crippen molar-refractivity contribution in [1.82, 2.24) is 9.78 Å². The molecule has 106 valence electrons. The fraction of sp³-hybridized carbons (Fsp3) is 0.538. The summed E-state index contributed by atoms with van der Waals surface area (Å²) < 4.78 is 16.9. The van der Waals surface area contributed by atoms with Gasteiger partial charge in [0, 0.05) is 20.2 Å². The summed E-state index contributed by atoms with van der Waals surface area (Å²) in [7, 11) is 3.37. The predicted molar refractivity (Wildman–Crippen MR) is 70.6 cm³/mol. The SMILES string of the molecule is CCOC(=O)c1cnn(C)c1/C=C(\C)OCCOC. The quantitative estimate of drug-likeness (QED) is 0.427. The summed E-state index contributed by atoms with van der Waals surface area (Å²) in [4.78, 5) is 11.8. The standard InChI is InChI=1S/C13H20N2O4/c1-5-18-13(16)11-9-14-15(3)12(11)8-10(2)19-7-6-17-4/h8-9H,5-7H2,1-4H3/b10-8+. The number of hydrogen-bond donors (Lipinski definition) is 0. The molecule has 0 aliphatic carbocycles. The number of rotatable bonds is 7. The predicted octanol–water partition coefficient (Wildman–Crippen LogP) is 1.62. The molecule has 0 aliphatic rings. The highest BCUT2D eigenvalue weighted by Crippen LogP contribution is 2.14. The second-order valence-electron chi connectivity index (χ2n) is 3.88. The third kappa shape index (κ3) is 4.40. The molecule has 0 spiro atoms. The molecule has 6 heteroatoms. The zero-order valence-electron chi connectivity index (χ0n) is 11.8. The molecule has 0 amide bonds. The topological polar surface area (TPSA) is 62.6 Å². The lowest BCUT2D eigenvalue weighted by Gasteiger charge is -2.07. The number of esters is 1. The van der Waals surface area contributed by atoms with Crippen LogP contribution in [0.25, 0.3) is 6.08 Å². The van der Waals surface area contributed by atoms with E-state index in [1.807, 2.05) is 6.92 Å². The van der Waals surface area contributed by atoms with Crippen LogP contribution in [-0.4, -0.2) is 42.7 Å². The fourth-order valence-corrected chi connectivity index (χ4v) is 1.50. The lowest BCUT2D eigenvalue weighted by Crippen LogP contribution is -2.07. The average Bonchev–Trinajstić information content (AvgIpc) is 2.72. The van der Waals surface area contributed by atoms with E-state index in [-0.39, 0.29) is 5.97 Å².